The molecule has 0 unspecified atom stereocenters. The van der Waals surface area contributed by atoms with Crippen molar-refractivity contribution in [3.63, 3.8) is 0 Å². The minimum absolute atomic E-state index is 0.229. The Morgan fingerprint density at radius 1 is 1.20 bits per heavy atom. The quantitative estimate of drug-likeness (QED) is 0.632. The minimum atomic E-state index is -0.534. The molecular weight excluding hydrogens is 447 g/mol. The van der Waals surface area contributed by atoms with Gasteiger partial charge in [0.15, 0.2) is 0 Å². The van der Waals surface area contributed by atoms with Gasteiger partial charge in [0, 0.05) is 47.1 Å². The number of piperidine rings is 1. The summed E-state index contributed by atoms with van der Waals surface area (Å²) < 4.78 is 20.1. The molecule has 2 aromatic rings. The SMILES string of the molecule is Cc1[nH]nc2c1C(C)(C)CN(C(=O)c1ccc(F)c(CN3CCCCC3)c1)C=C2C(=O)OC(C)C. The highest BCUT2D eigenvalue weighted by molar-refractivity contribution is 6.17. The molecule has 1 aromatic carbocycles. The number of carbonyl (C=O) groups excluding carboxylic acids is 2. The number of carbonyl (C=O) groups is 2. The van der Waals surface area contributed by atoms with E-state index in [9.17, 15) is 14.0 Å². The summed E-state index contributed by atoms with van der Waals surface area (Å²) in [5.74, 6) is -1.14. The van der Waals surface area contributed by atoms with E-state index in [0.29, 0.717) is 29.9 Å². The number of hydrogen-bond donors (Lipinski definition) is 1. The minimum Gasteiger partial charge on any atom is -0.459 e. The van der Waals surface area contributed by atoms with Crippen LogP contribution in [-0.4, -0.2) is 57.6 Å². The molecule has 1 aromatic heterocycles. The lowest BCUT2D eigenvalue weighted by molar-refractivity contribution is -0.140. The van der Waals surface area contributed by atoms with Crippen molar-refractivity contribution in [1.29, 1.82) is 0 Å². The Balaban J connectivity index is 1.69. The number of aryl methyl sites for hydroxylation is 1. The Morgan fingerprint density at radius 3 is 2.60 bits per heavy atom. The molecule has 1 saturated heterocycles. The van der Waals surface area contributed by atoms with Gasteiger partial charge in [0.25, 0.3) is 5.91 Å². The maximum atomic E-state index is 14.7. The molecule has 0 aliphatic carbocycles. The number of amides is 1. The highest BCUT2D eigenvalue weighted by Crippen LogP contribution is 2.37. The summed E-state index contributed by atoms with van der Waals surface area (Å²) in [6, 6.07) is 4.52. The fourth-order valence-electron chi connectivity index (χ4n) is 5.13. The van der Waals surface area contributed by atoms with Crippen molar-refractivity contribution in [2.75, 3.05) is 19.6 Å². The molecule has 1 N–H and O–H groups in total. The standard InChI is InChI=1S/C27H35FN4O3/c1-17(2)35-26(34)21-15-32(16-27(4,5)23-18(3)29-30-24(21)23)25(33)19-9-10-22(28)20(13-19)14-31-11-7-6-8-12-31/h9-10,13,15,17H,6-8,11-12,14,16H2,1-5H3,(H,29,30). The van der Waals surface area contributed by atoms with Crippen molar-refractivity contribution in [3.05, 3.63) is 58.3 Å². The molecule has 0 bridgehead atoms. The topological polar surface area (TPSA) is 78.5 Å². The fourth-order valence-corrected chi connectivity index (χ4v) is 5.13. The smallest absolute Gasteiger partial charge is 0.342 e. The van der Waals surface area contributed by atoms with Crippen LogP contribution in [0.5, 0.6) is 0 Å². The molecular formula is C27H35FN4O3. The Kier molecular flexibility index (Phi) is 7.12. The van der Waals surface area contributed by atoms with Crippen LogP contribution in [0.3, 0.4) is 0 Å². The van der Waals surface area contributed by atoms with E-state index in [4.69, 9.17) is 4.74 Å². The van der Waals surface area contributed by atoms with Crippen LogP contribution in [-0.2, 0) is 21.5 Å². The van der Waals surface area contributed by atoms with Gasteiger partial charge in [-0.15, -0.1) is 0 Å². The van der Waals surface area contributed by atoms with Gasteiger partial charge in [-0.1, -0.05) is 20.3 Å². The summed E-state index contributed by atoms with van der Waals surface area (Å²) >= 11 is 0. The van der Waals surface area contributed by atoms with Crippen LogP contribution in [0.1, 0.15) is 79.8 Å². The maximum absolute atomic E-state index is 14.7. The Hall–Kier alpha value is -3.00. The molecule has 2 aliphatic heterocycles. The second-order valence-corrected chi connectivity index (χ2v) is 10.5. The highest BCUT2D eigenvalue weighted by Gasteiger charge is 2.38. The third kappa shape index (κ3) is 5.32. The average Bonchev–Trinajstić information content (AvgIpc) is 3.14. The third-order valence-electron chi connectivity index (χ3n) is 6.69. The predicted molar refractivity (Wildman–Crippen MR) is 132 cm³/mol. The van der Waals surface area contributed by atoms with E-state index >= 15 is 0 Å². The van der Waals surface area contributed by atoms with E-state index in [1.54, 1.807) is 19.9 Å². The lowest BCUT2D eigenvalue weighted by Gasteiger charge is -2.30. The van der Waals surface area contributed by atoms with Crippen molar-refractivity contribution < 1.29 is 18.7 Å². The van der Waals surface area contributed by atoms with Crippen LogP contribution in [0.2, 0.25) is 0 Å². The number of rotatable bonds is 5. The predicted octanol–water partition coefficient (Wildman–Crippen LogP) is 4.57. The third-order valence-corrected chi connectivity index (χ3v) is 6.69. The van der Waals surface area contributed by atoms with Crippen LogP contribution in [0.4, 0.5) is 4.39 Å². The number of esters is 1. The summed E-state index contributed by atoms with van der Waals surface area (Å²) in [6.45, 7) is 12.2. The van der Waals surface area contributed by atoms with Crippen LogP contribution in [0.15, 0.2) is 24.4 Å². The van der Waals surface area contributed by atoms with Crippen LogP contribution >= 0.6 is 0 Å². The van der Waals surface area contributed by atoms with Gasteiger partial charge in [0.05, 0.1) is 6.10 Å². The molecule has 7 nitrogen and oxygen atoms in total. The number of H-pyrrole nitrogens is 1. The van der Waals surface area contributed by atoms with Crippen LogP contribution in [0.25, 0.3) is 5.57 Å². The van der Waals surface area contributed by atoms with Gasteiger partial charge in [-0.05, 0) is 64.9 Å². The number of fused-ring (bicyclic) bond motifs is 1. The Bertz CT molecular complexity index is 1150. The zero-order chi connectivity index (χ0) is 25.3. The van der Waals surface area contributed by atoms with E-state index in [0.717, 1.165) is 37.2 Å². The van der Waals surface area contributed by atoms with E-state index in [-0.39, 0.29) is 23.4 Å². The summed E-state index contributed by atoms with van der Waals surface area (Å²) in [7, 11) is 0. The van der Waals surface area contributed by atoms with Gasteiger partial charge in [0.2, 0.25) is 0 Å². The number of ether oxygens (including phenoxy) is 1. The van der Waals surface area contributed by atoms with Gasteiger partial charge in [-0.3, -0.25) is 14.8 Å². The van der Waals surface area contributed by atoms with Gasteiger partial charge < -0.3 is 9.64 Å². The largest absolute Gasteiger partial charge is 0.459 e. The molecule has 1 amide bonds. The van der Waals surface area contributed by atoms with E-state index in [1.807, 2.05) is 20.8 Å². The molecule has 4 rings (SSSR count). The second kappa shape index (κ2) is 9.93. The molecule has 35 heavy (non-hydrogen) atoms. The molecule has 0 saturated carbocycles. The summed E-state index contributed by atoms with van der Waals surface area (Å²) in [6.07, 6.45) is 4.64. The zero-order valence-electron chi connectivity index (χ0n) is 21.3. The van der Waals surface area contributed by atoms with Crippen molar-refractivity contribution in [2.45, 2.75) is 71.9 Å². The molecule has 0 spiro atoms. The monoisotopic (exact) mass is 482 g/mol. The first-order chi connectivity index (χ1) is 16.6. The fraction of sp³-hybridized carbons (Fsp3) is 0.519. The number of hydrogen-bond acceptors (Lipinski definition) is 5. The van der Waals surface area contributed by atoms with Gasteiger partial charge in [-0.2, -0.15) is 5.10 Å². The number of likely N-dealkylation sites (tertiary alicyclic amines) is 1. The van der Waals surface area contributed by atoms with E-state index in [1.165, 1.54) is 29.7 Å². The van der Waals surface area contributed by atoms with Gasteiger partial charge >= 0.3 is 5.97 Å². The van der Waals surface area contributed by atoms with E-state index < -0.39 is 11.4 Å². The molecule has 8 heteroatoms. The number of halogens is 1. The normalized spacial score (nSPS) is 18.1. The van der Waals surface area contributed by atoms with Gasteiger partial charge in [0.1, 0.15) is 17.1 Å². The maximum Gasteiger partial charge on any atom is 0.342 e. The number of aromatic amines is 1. The summed E-state index contributed by atoms with van der Waals surface area (Å²) in [5, 5.41) is 7.37. The summed E-state index contributed by atoms with van der Waals surface area (Å²) in [4.78, 5) is 30.5. The molecule has 0 atom stereocenters. The van der Waals surface area contributed by atoms with Crippen LogP contribution < -0.4 is 0 Å². The van der Waals surface area contributed by atoms with Crippen molar-refractivity contribution in [2.24, 2.45) is 0 Å². The average molecular weight is 483 g/mol. The number of nitrogens with one attached hydrogen (secondary N) is 1. The number of benzene rings is 1. The highest BCUT2D eigenvalue weighted by atomic mass is 19.1. The summed E-state index contributed by atoms with van der Waals surface area (Å²) in [5.41, 5.74) is 2.86. The lowest BCUT2D eigenvalue weighted by atomic mass is 9.82. The molecule has 1 fully saturated rings. The first kappa shape index (κ1) is 25.1. The lowest BCUT2D eigenvalue weighted by Crippen LogP contribution is -2.37. The number of nitrogens with zero attached hydrogens (tertiary/aromatic N) is 3. The number of aromatic nitrogens is 2. The Morgan fingerprint density at radius 2 is 1.91 bits per heavy atom. The molecule has 3 heterocycles. The first-order valence-corrected chi connectivity index (χ1v) is 12.4. The van der Waals surface area contributed by atoms with E-state index in [2.05, 4.69) is 15.1 Å². The van der Waals surface area contributed by atoms with Crippen molar-refractivity contribution in [3.8, 4) is 0 Å². The van der Waals surface area contributed by atoms with Crippen molar-refractivity contribution in [1.82, 2.24) is 20.0 Å². The molecule has 2 aliphatic rings. The second-order valence-electron chi connectivity index (χ2n) is 10.5. The molecule has 0 radical (unpaired) electrons. The molecule has 188 valence electrons. The van der Waals surface area contributed by atoms with Crippen LogP contribution in [0, 0.1) is 12.7 Å². The first-order valence-electron chi connectivity index (χ1n) is 12.4. The Labute approximate surface area is 206 Å². The zero-order valence-corrected chi connectivity index (χ0v) is 21.3. The van der Waals surface area contributed by atoms with Gasteiger partial charge in [-0.25, -0.2) is 9.18 Å². The van der Waals surface area contributed by atoms with Crippen molar-refractivity contribution >= 4 is 17.4 Å².